The first-order valence-electron chi connectivity index (χ1n) is 7.01. The van der Waals surface area contributed by atoms with E-state index in [1.807, 2.05) is 47.9 Å². The maximum atomic E-state index is 11.8. The van der Waals surface area contributed by atoms with E-state index in [0.717, 1.165) is 22.3 Å². The van der Waals surface area contributed by atoms with Crippen LogP contribution in [-0.2, 0) is 4.74 Å². The maximum Gasteiger partial charge on any atom is 0.358 e. The molecule has 0 aliphatic carbocycles. The summed E-state index contributed by atoms with van der Waals surface area (Å²) >= 11 is 5.93. The molecule has 0 fully saturated rings. The number of fused-ring (bicyclic) bond motifs is 1. The first-order valence-corrected chi connectivity index (χ1v) is 7.38. The number of aryl methyl sites for hydroxylation is 1. The molecule has 0 radical (unpaired) electrons. The van der Waals surface area contributed by atoms with Crippen LogP contribution in [0.25, 0.3) is 16.8 Å². The molecule has 3 aromatic rings. The second-order valence-corrected chi connectivity index (χ2v) is 5.43. The lowest BCUT2D eigenvalue weighted by Gasteiger charge is -2.05. The molecule has 1 aromatic carbocycles. The standard InChI is InChI=1S/C17H15ClN2O2/c1-3-22-17(21)15-10-20-9-13(8-11(2)16(20)19-15)12-4-6-14(18)7-5-12/h4-10H,3H2,1-2H3. The Hall–Kier alpha value is -2.33. The van der Waals surface area contributed by atoms with Gasteiger partial charge in [0, 0.05) is 17.4 Å². The van der Waals surface area contributed by atoms with Crippen molar-refractivity contribution in [3.63, 3.8) is 0 Å². The molecule has 0 unspecified atom stereocenters. The Bertz CT molecular complexity index is 838. The van der Waals surface area contributed by atoms with E-state index in [2.05, 4.69) is 4.98 Å². The van der Waals surface area contributed by atoms with E-state index in [1.54, 1.807) is 13.1 Å². The Morgan fingerprint density at radius 3 is 2.64 bits per heavy atom. The van der Waals surface area contributed by atoms with Crippen molar-refractivity contribution in [1.82, 2.24) is 9.38 Å². The smallest absolute Gasteiger partial charge is 0.358 e. The van der Waals surface area contributed by atoms with Crippen molar-refractivity contribution in [3.8, 4) is 11.1 Å². The average molecular weight is 315 g/mol. The van der Waals surface area contributed by atoms with E-state index >= 15 is 0 Å². The maximum absolute atomic E-state index is 11.8. The minimum atomic E-state index is -0.404. The van der Waals surface area contributed by atoms with Crippen molar-refractivity contribution >= 4 is 23.2 Å². The van der Waals surface area contributed by atoms with Gasteiger partial charge in [0.25, 0.3) is 0 Å². The fourth-order valence-corrected chi connectivity index (χ4v) is 2.50. The molecule has 2 aromatic heterocycles. The molecule has 2 heterocycles. The summed E-state index contributed by atoms with van der Waals surface area (Å²) in [6.45, 7) is 4.08. The Morgan fingerprint density at radius 1 is 1.23 bits per heavy atom. The van der Waals surface area contributed by atoms with Gasteiger partial charge in [-0.15, -0.1) is 0 Å². The summed E-state index contributed by atoms with van der Waals surface area (Å²) in [7, 11) is 0. The summed E-state index contributed by atoms with van der Waals surface area (Å²) in [5, 5.41) is 0.703. The van der Waals surface area contributed by atoms with Crippen LogP contribution < -0.4 is 0 Å². The van der Waals surface area contributed by atoms with E-state index in [9.17, 15) is 4.79 Å². The zero-order chi connectivity index (χ0) is 15.7. The molecule has 0 N–H and O–H groups in total. The van der Waals surface area contributed by atoms with Gasteiger partial charge in [0.1, 0.15) is 5.65 Å². The number of rotatable bonds is 3. The first-order chi connectivity index (χ1) is 10.6. The monoisotopic (exact) mass is 314 g/mol. The Balaban J connectivity index is 2.08. The Morgan fingerprint density at radius 2 is 1.95 bits per heavy atom. The number of pyridine rings is 1. The molecule has 0 saturated heterocycles. The number of benzene rings is 1. The summed E-state index contributed by atoms with van der Waals surface area (Å²) in [6, 6.07) is 9.68. The van der Waals surface area contributed by atoms with E-state index in [0.29, 0.717) is 17.3 Å². The van der Waals surface area contributed by atoms with Gasteiger partial charge in [0.2, 0.25) is 0 Å². The molecule has 0 atom stereocenters. The molecule has 22 heavy (non-hydrogen) atoms. The summed E-state index contributed by atoms with van der Waals surface area (Å²) in [4.78, 5) is 16.2. The number of aromatic nitrogens is 2. The lowest BCUT2D eigenvalue weighted by Crippen LogP contribution is -2.04. The molecule has 3 rings (SSSR count). The lowest BCUT2D eigenvalue weighted by molar-refractivity contribution is 0.0520. The second kappa shape index (κ2) is 5.81. The number of carbonyl (C=O) groups excluding carboxylic acids is 1. The number of carbonyl (C=O) groups is 1. The fraction of sp³-hybridized carbons (Fsp3) is 0.176. The van der Waals surface area contributed by atoms with Crippen LogP contribution in [0.15, 0.2) is 42.7 Å². The molecule has 4 nitrogen and oxygen atoms in total. The van der Waals surface area contributed by atoms with Crippen molar-refractivity contribution in [2.24, 2.45) is 0 Å². The van der Waals surface area contributed by atoms with E-state index in [4.69, 9.17) is 16.3 Å². The van der Waals surface area contributed by atoms with Gasteiger partial charge in [-0.2, -0.15) is 0 Å². The van der Waals surface area contributed by atoms with E-state index in [1.165, 1.54) is 0 Å². The predicted molar refractivity (Wildman–Crippen MR) is 86.3 cm³/mol. The molecule has 0 bridgehead atoms. The van der Waals surface area contributed by atoms with Crippen molar-refractivity contribution < 1.29 is 9.53 Å². The number of esters is 1. The quantitative estimate of drug-likeness (QED) is 0.682. The fourth-order valence-electron chi connectivity index (χ4n) is 2.37. The zero-order valence-electron chi connectivity index (χ0n) is 12.3. The second-order valence-electron chi connectivity index (χ2n) is 5.00. The lowest BCUT2D eigenvalue weighted by atomic mass is 10.1. The van der Waals surface area contributed by atoms with Crippen LogP contribution >= 0.6 is 11.6 Å². The highest BCUT2D eigenvalue weighted by Crippen LogP contribution is 2.24. The number of imidazole rings is 1. The summed E-state index contributed by atoms with van der Waals surface area (Å²) < 4.78 is 6.85. The topological polar surface area (TPSA) is 43.6 Å². The van der Waals surface area contributed by atoms with Gasteiger partial charge >= 0.3 is 5.97 Å². The molecular weight excluding hydrogens is 300 g/mol. The first kappa shape index (κ1) is 14.6. The number of nitrogens with zero attached hydrogens (tertiary/aromatic N) is 2. The summed E-state index contributed by atoms with van der Waals surface area (Å²) in [5.41, 5.74) is 4.15. The van der Waals surface area contributed by atoms with Crippen LogP contribution in [0.4, 0.5) is 0 Å². The SMILES string of the molecule is CCOC(=O)c1cn2cc(-c3ccc(Cl)cc3)cc(C)c2n1. The highest BCUT2D eigenvalue weighted by molar-refractivity contribution is 6.30. The van der Waals surface area contributed by atoms with Crippen molar-refractivity contribution in [3.05, 3.63) is 59.0 Å². The van der Waals surface area contributed by atoms with Crippen LogP contribution in [0.5, 0.6) is 0 Å². The third-order valence-corrected chi connectivity index (χ3v) is 3.65. The Kier molecular flexibility index (Phi) is 3.86. The van der Waals surface area contributed by atoms with Crippen LogP contribution in [0.1, 0.15) is 23.0 Å². The van der Waals surface area contributed by atoms with Gasteiger partial charge in [-0.1, -0.05) is 23.7 Å². The summed E-state index contributed by atoms with van der Waals surface area (Å²) in [6.07, 6.45) is 3.64. The van der Waals surface area contributed by atoms with Crippen LogP contribution in [0.2, 0.25) is 5.02 Å². The van der Waals surface area contributed by atoms with Crippen molar-refractivity contribution in [1.29, 1.82) is 0 Å². The molecular formula is C17H15ClN2O2. The van der Waals surface area contributed by atoms with Crippen LogP contribution in [0.3, 0.4) is 0 Å². The van der Waals surface area contributed by atoms with Gasteiger partial charge < -0.3 is 9.14 Å². The van der Waals surface area contributed by atoms with Gasteiger partial charge in [-0.25, -0.2) is 9.78 Å². The summed E-state index contributed by atoms with van der Waals surface area (Å²) in [5.74, 6) is -0.404. The molecule has 0 amide bonds. The molecule has 0 saturated carbocycles. The predicted octanol–water partition coefficient (Wildman–Crippen LogP) is 4.14. The number of hydrogen-bond acceptors (Lipinski definition) is 3. The third kappa shape index (κ3) is 2.70. The molecule has 0 spiro atoms. The normalized spacial score (nSPS) is 10.9. The Labute approximate surface area is 133 Å². The minimum absolute atomic E-state index is 0.318. The van der Waals surface area contributed by atoms with Gasteiger partial charge in [-0.05, 0) is 48.7 Å². The minimum Gasteiger partial charge on any atom is -0.461 e. The van der Waals surface area contributed by atoms with E-state index < -0.39 is 5.97 Å². The highest BCUT2D eigenvalue weighted by atomic mass is 35.5. The zero-order valence-corrected chi connectivity index (χ0v) is 13.1. The number of hydrogen-bond donors (Lipinski definition) is 0. The van der Waals surface area contributed by atoms with Crippen LogP contribution in [0, 0.1) is 6.92 Å². The van der Waals surface area contributed by atoms with Crippen molar-refractivity contribution in [2.45, 2.75) is 13.8 Å². The largest absolute Gasteiger partial charge is 0.461 e. The molecule has 0 aliphatic rings. The molecule has 0 aliphatic heterocycles. The van der Waals surface area contributed by atoms with Gasteiger partial charge in [0.05, 0.1) is 6.61 Å². The van der Waals surface area contributed by atoms with Crippen LogP contribution in [-0.4, -0.2) is 22.0 Å². The van der Waals surface area contributed by atoms with E-state index in [-0.39, 0.29) is 0 Å². The molecule has 5 heteroatoms. The van der Waals surface area contributed by atoms with Gasteiger partial charge in [0.15, 0.2) is 5.69 Å². The van der Waals surface area contributed by atoms with Crippen molar-refractivity contribution in [2.75, 3.05) is 6.61 Å². The van der Waals surface area contributed by atoms with Gasteiger partial charge in [-0.3, -0.25) is 0 Å². The molecule has 112 valence electrons. The number of ether oxygens (including phenoxy) is 1. The third-order valence-electron chi connectivity index (χ3n) is 3.40. The highest BCUT2D eigenvalue weighted by Gasteiger charge is 2.13. The number of halogens is 1. The average Bonchev–Trinajstić information content (AvgIpc) is 2.93.